The van der Waals surface area contributed by atoms with Crippen LogP contribution in [0.1, 0.15) is 10.4 Å². The van der Waals surface area contributed by atoms with E-state index < -0.39 is 0 Å². The molecule has 0 fully saturated rings. The molecule has 0 radical (unpaired) electrons. The first-order chi connectivity index (χ1) is 7.36. The number of nitrogens with one attached hydrogen (secondary N) is 1. The van der Waals surface area contributed by atoms with Crippen LogP contribution in [0.3, 0.4) is 0 Å². The molecule has 2 heterocycles. The van der Waals surface area contributed by atoms with Crippen molar-refractivity contribution in [2.24, 2.45) is 0 Å². The number of hydrogen-bond acceptors (Lipinski definition) is 3. The van der Waals surface area contributed by atoms with Crippen LogP contribution in [0.4, 0.5) is 5.69 Å². The molecule has 0 aliphatic rings. The van der Waals surface area contributed by atoms with Crippen LogP contribution in [0.2, 0.25) is 0 Å². The lowest BCUT2D eigenvalue weighted by molar-refractivity contribution is 0.102. The van der Waals surface area contributed by atoms with Gasteiger partial charge in [-0.1, -0.05) is 0 Å². The lowest BCUT2D eigenvalue weighted by Crippen LogP contribution is -2.11. The topological polar surface area (TPSA) is 54.9 Å². The van der Waals surface area contributed by atoms with Crippen LogP contribution in [0.5, 0.6) is 0 Å². The van der Waals surface area contributed by atoms with E-state index in [0.717, 1.165) is 0 Å². The number of anilines is 1. The van der Waals surface area contributed by atoms with Crippen molar-refractivity contribution in [1.82, 2.24) is 9.97 Å². The number of aromatic nitrogens is 2. The van der Waals surface area contributed by atoms with Gasteiger partial charge in [0, 0.05) is 24.2 Å². The van der Waals surface area contributed by atoms with Crippen molar-refractivity contribution in [2.45, 2.75) is 0 Å². The lowest BCUT2D eigenvalue weighted by Gasteiger charge is -2.03. The van der Waals surface area contributed by atoms with Gasteiger partial charge >= 0.3 is 0 Å². The third-order valence-corrected chi connectivity index (χ3v) is 1.86. The summed E-state index contributed by atoms with van der Waals surface area (Å²) in [5.41, 5.74) is 1.26. The van der Waals surface area contributed by atoms with Crippen LogP contribution in [-0.4, -0.2) is 15.9 Å². The SMILES string of the molecule is O=C(Nc1cccnc1)c1ccncc1. The predicted octanol–water partition coefficient (Wildman–Crippen LogP) is 1.73. The average Bonchev–Trinajstić information content (AvgIpc) is 2.31. The molecule has 0 aromatic carbocycles. The minimum atomic E-state index is -0.162. The van der Waals surface area contributed by atoms with Gasteiger partial charge in [0.1, 0.15) is 0 Å². The van der Waals surface area contributed by atoms with Gasteiger partial charge in [-0.3, -0.25) is 14.8 Å². The van der Waals surface area contributed by atoms with Gasteiger partial charge in [-0.15, -0.1) is 0 Å². The largest absolute Gasteiger partial charge is 0.321 e. The van der Waals surface area contributed by atoms with Crippen LogP contribution >= 0.6 is 0 Å². The van der Waals surface area contributed by atoms with E-state index in [4.69, 9.17) is 0 Å². The van der Waals surface area contributed by atoms with E-state index >= 15 is 0 Å². The Hall–Kier alpha value is -2.23. The van der Waals surface area contributed by atoms with Crippen molar-refractivity contribution in [3.05, 3.63) is 54.6 Å². The second-order valence-corrected chi connectivity index (χ2v) is 2.93. The number of carbonyl (C=O) groups excluding carboxylic acids is 1. The predicted molar refractivity (Wildman–Crippen MR) is 56.4 cm³/mol. The maximum Gasteiger partial charge on any atom is 0.255 e. The minimum Gasteiger partial charge on any atom is -0.321 e. The third-order valence-electron chi connectivity index (χ3n) is 1.86. The van der Waals surface area contributed by atoms with Gasteiger partial charge in [0.25, 0.3) is 5.91 Å². The van der Waals surface area contributed by atoms with Crippen LogP contribution in [0.25, 0.3) is 0 Å². The fourth-order valence-electron chi connectivity index (χ4n) is 1.14. The standard InChI is InChI=1S/C11H9N3O/c15-11(9-3-6-12-7-4-9)14-10-2-1-5-13-8-10/h1-8H,(H,14,15). The maximum absolute atomic E-state index is 11.6. The first-order valence-electron chi connectivity index (χ1n) is 4.47. The van der Waals surface area contributed by atoms with Crippen molar-refractivity contribution >= 4 is 11.6 Å². The summed E-state index contributed by atoms with van der Waals surface area (Å²) in [5.74, 6) is -0.162. The molecule has 2 aromatic heterocycles. The summed E-state index contributed by atoms with van der Waals surface area (Å²) < 4.78 is 0. The number of rotatable bonds is 2. The van der Waals surface area contributed by atoms with Crippen molar-refractivity contribution < 1.29 is 4.79 Å². The molecule has 0 bridgehead atoms. The molecule has 4 nitrogen and oxygen atoms in total. The normalized spacial score (nSPS) is 9.60. The van der Waals surface area contributed by atoms with Gasteiger partial charge < -0.3 is 5.32 Å². The molecule has 74 valence electrons. The molecule has 1 amide bonds. The minimum absolute atomic E-state index is 0.162. The summed E-state index contributed by atoms with van der Waals surface area (Å²) in [4.78, 5) is 19.4. The smallest absolute Gasteiger partial charge is 0.255 e. The summed E-state index contributed by atoms with van der Waals surface area (Å²) in [5, 5.41) is 2.73. The Bertz CT molecular complexity index is 442. The van der Waals surface area contributed by atoms with Crippen LogP contribution < -0.4 is 5.32 Å². The van der Waals surface area contributed by atoms with Crippen LogP contribution in [0, 0.1) is 0 Å². The van der Waals surface area contributed by atoms with E-state index in [1.807, 2.05) is 0 Å². The number of pyridine rings is 2. The van der Waals surface area contributed by atoms with E-state index in [-0.39, 0.29) is 5.91 Å². The van der Waals surface area contributed by atoms with Crippen molar-refractivity contribution in [1.29, 1.82) is 0 Å². The maximum atomic E-state index is 11.6. The van der Waals surface area contributed by atoms with Gasteiger partial charge in [-0.05, 0) is 24.3 Å². The molecule has 15 heavy (non-hydrogen) atoms. The quantitative estimate of drug-likeness (QED) is 0.801. The summed E-state index contributed by atoms with van der Waals surface area (Å²) in [7, 11) is 0. The van der Waals surface area contributed by atoms with Crippen molar-refractivity contribution in [3.63, 3.8) is 0 Å². The molecule has 0 saturated carbocycles. The van der Waals surface area contributed by atoms with Gasteiger partial charge in [-0.2, -0.15) is 0 Å². The molecule has 0 spiro atoms. The van der Waals surface area contributed by atoms with E-state index in [2.05, 4.69) is 15.3 Å². The van der Waals surface area contributed by atoms with Gasteiger partial charge in [0.2, 0.25) is 0 Å². The monoisotopic (exact) mass is 199 g/mol. The number of amides is 1. The molecule has 0 atom stereocenters. The summed E-state index contributed by atoms with van der Waals surface area (Å²) in [6.07, 6.45) is 6.41. The Morgan fingerprint density at radius 2 is 1.87 bits per heavy atom. The Morgan fingerprint density at radius 1 is 1.07 bits per heavy atom. The van der Waals surface area contributed by atoms with Gasteiger partial charge in [0.05, 0.1) is 11.9 Å². The zero-order valence-electron chi connectivity index (χ0n) is 7.92. The molecule has 2 rings (SSSR count). The Kier molecular flexibility index (Phi) is 2.69. The van der Waals surface area contributed by atoms with E-state index in [0.29, 0.717) is 11.3 Å². The zero-order chi connectivity index (χ0) is 10.5. The van der Waals surface area contributed by atoms with E-state index in [1.165, 1.54) is 0 Å². The Balaban J connectivity index is 2.12. The fourth-order valence-corrected chi connectivity index (χ4v) is 1.14. The Morgan fingerprint density at radius 3 is 2.53 bits per heavy atom. The van der Waals surface area contributed by atoms with Crippen LogP contribution in [-0.2, 0) is 0 Å². The first kappa shape index (κ1) is 9.33. The van der Waals surface area contributed by atoms with E-state index in [9.17, 15) is 4.79 Å². The second-order valence-electron chi connectivity index (χ2n) is 2.93. The van der Waals surface area contributed by atoms with Gasteiger partial charge in [0.15, 0.2) is 0 Å². The second kappa shape index (κ2) is 4.32. The molecule has 0 saturated heterocycles. The molecule has 2 aromatic rings. The highest BCUT2D eigenvalue weighted by atomic mass is 16.1. The summed E-state index contributed by atoms with van der Waals surface area (Å²) >= 11 is 0. The average molecular weight is 199 g/mol. The number of hydrogen-bond donors (Lipinski definition) is 1. The first-order valence-corrected chi connectivity index (χ1v) is 4.47. The summed E-state index contributed by atoms with van der Waals surface area (Å²) in [6, 6.07) is 6.87. The Labute approximate surface area is 87.0 Å². The fraction of sp³-hybridized carbons (Fsp3) is 0. The van der Waals surface area contributed by atoms with Gasteiger partial charge in [-0.25, -0.2) is 0 Å². The highest BCUT2D eigenvalue weighted by Crippen LogP contribution is 2.05. The highest BCUT2D eigenvalue weighted by molar-refractivity contribution is 6.03. The highest BCUT2D eigenvalue weighted by Gasteiger charge is 2.04. The van der Waals surface area contributed by atoms with E-state index in [1.54, 1.807) is 49.1 Å². The lowest BCUT2D eigenvalue weighted by atomic mass is 10.2. The molecule has 0 aliphatic heterocycles. The zero-order valence-corrected chi connectivity index (χ0v) is 7.92. The molecular formula is C11H9N3O. The van der Waals surface area contributed by atoms with Crippen LogP contribution in [0.15, 0.2) is 49.1 Å². The van der Waals surface area contributed by atoms with Crippen molar-refractivity contribution in [3.8, 4) is 0 Å². The molecule has 4 heteroatoms. The molecule has 1 N–H and O–H groups in total. The molecule has 0 aliphatic carbocycles. The number of nitrogens with zero attached hydrogens (tertiary/aromatic N) is 2. The molecule has 0 unspecified atom stereocenters. The number of carbonyl (C=O) groups is 1. The third kappa shape index (κ3) is 2.37. The van der Waals surface area contributed by atoms with Crippen molar-refractivity contribution in [2.75, 3.05) is 5.32 Å². The summed E-state index contributed by atoms with van der Waals surface area (Å²) in [6.45, 7) is 0. The molecular weight excluding hydrogens is 190 g/mol.